The fourth-order valence-corrected chi connectivity index (χ4v) is 3.40. The first-order chi connectivity index (χ1) is 14.0. The van der Waals surface area contributed by atoms with Crippen molar-refractivity contribution in [3.63, 3.8) is 0 Å². The van der Waals surface area contributed by atoms with Gasteiger partial charge in [0.05, 0.1) is 11.5 Å². The molecule has 8 heteroatoms. The first-order valence-corrected chi connectivity index (χ1v) is 9.67. The van der Waals surface area contributed by atoms with Crippen LogP contribution in [0.1, 0.15) is 18.1 Å². The predicted molar refractivity (Wildman–Crippen MR) is 106 cm³/mol. The zero-order chi connectivity index (χ0) is 20.8. The molecule has 0 aromatic heterocycles. The topological polar surface area (TPSA) is 72.9 Å². The average molecular weight is 415 g/mol. The van der Waals surface area contributed by atoms with Crippen molar-refractivity contribution >= 4 is 35.0 Å². The fourth-order valence-electron chi connectivity index (χ4n) is 2.56. The van der Waals surface area contributed by atoms with Gasteiger partial charge in [-0.2, -0.15) is 0 Å². The number of halogens is 1. The lowest BCUT2D eigenvalue weighted by atomic mass is 10.2. The van der Waals surface area contributed by atoms with Crippen molar-refractivity contribution in [2.75, 3.05) is 13.2 Å². The normalized spacial score (nSPS) is 15.1. The van der Waals surface area contributed by atoms with Gasteiger partial charge in [-0.3, -0.25) is 19.3 Å². The number of ether oxygens (including phenoxy) is 2. The summed E-state index contributed by atoms with van der Waals surface area (Å²) in [6.45, 7) is 1.52. The van der Waals surface area contributed by atoms with Crippen LogP contribution in [0.3, 0.4) is 0 Å². The van der Waals surface area contributed by atoms with Crippen molar-refractivity contribution in [1.29, 1.82) is 0 Å². The summed E-state index contributed by atoms with van der Waals surface area (Å²) in [4.78, 5) is 37.0. The van der Waals surface area contributed by atoms with Gasteiger partial charge in [0, 0.05) is 5.56 Å². The molecule has 0 radical (unpaired) electrons. The molecule has 1 aliphatic rings. The van der Waals surface area contributed by atoms with E-state index in [0.717, 1.165) is 16.7 Å². The number of hydrogen-bond acceptors (Lipinski definition) is 6. The minimum Gasteiger partial charge on any atom is -0.489 e. The molecular weight excluding hydrogens is 397 g/mol. The van der Waals surface area contributed by atoms with E-state index in [1.165, 1.54) is 6.07 Å². The van der Waals surface area contributed by atoms with E-state index in [9.17, 15) is 18.8 Å². The minimum atomic E-state index is -0.632. The number of benzene rings is 2. The second-order valence-electron chi connectivity index (χ2n) is 6.02. The molecule has 1 aliphatic heterocycles. The Morgan fingerprint density at radius 2 is 1.86 bits per heavy atom. The Kier molecular flexibility index (Phi) is 6.66. The molecule has 6 nitrogen and oxygen atoms in total. The maximum absolute atomic E-state index is 13.6. The third-order valence-electron chi connectivity index (χ3n) is 4.00. The lowest BCUT2D eigenvalue weighted by Gasteiger charge is -2.10. The van der Waals surface area contributed by atoms with Crippen LogP contribution >= 0.6 is 11.8 Å². The van der Waals surface area contributed by atoms with E-state index in [0.29, 0.717) is 16.9 Å². The molecule has 2 aromatic rings. The van der Waals surface area contributed by atoms with Crippen molar-refractivity contribution in [1.82, 2.24) is 4.90 Å². The first kappa shape index (κ1) is 20.6. The van der Waals surface area contributed by atoms with Crippen LogP contribution in [-0.4, -0.2) is 35.2 Å². The van der Waals surface area contributed by atoms with Gasteiger partial charge in [0.1, 0.15) is 24.7 Å². The molecule has 0 spiro atoms. The van der Waals surface area contributed by atoms with Crippen molar-refractivity contribution in [3.05, 3.63) is 70.4 Å². The SMILES string of the molecule is CCOC(=O)CN1C(=O)S/C(=C/c2ccc(OCc3ccccc3F)cc2)C1=O. The van der Waals surface area contributed by atoms with Gasteiger partial charge in [-0.25, -0.2) is 4.39 Å². The molecule has 0 N–H and O–H groups in total. The Labute approximate surface area is 171 Å². The molecule has 0 saturated carbocycles. The summed E-state index contributed by atoms with van der Waals surface area (Å²) in [5, 5.41) is -0.515. The number of nitrogens with zero attached hydrogens (tertiary/aromatic N) is 1. The van der Waals surface area contributed by atoms with Crippen LogP contribution in [0.5, 0.6) is 5.75 Å². The average Bonchev–Trinajstić information content (AvgIpc) is 2.96. The summed E-state index contributed by atoms with van der Waals surface area (Å²) in [5.41, 5.74) is 1.14. The molecule has 29 heavy (non-hydrogen) atoms. The lowest BCUT2D eigenvalue weighted by molar-refractivity contribution is -0.145. The molecule has 0 unspecified atom stereocenters. The lowest BCUT2D eigenvalue weighted by Crippen LogP contribution is -2.34. The van der Waals surface area contributed by atoms with Gasteiger partial charge >= 0.3 is 5.97 Å². The van der Waals surface area contributed by atoms with Crippen LogP contribution in [0.25, 0.3) is 6.08 Å². The molecular formula is C21H18FNO5S. The van der Waals surface area contributed by atoms with Gasteiger partial charge in [0.2, 0.25) is 0 Å². The van der Waals surface area contributed by atoms with Gasteiger partial charge in [0.15, 0.2) is 0 Å². The maximum atomic E-state index is 13.6. The number of hydrogen-bond donors (Lipinski definition) is 0. The molecule has 0 aliphatic carbocycles. The smallest absolute Gasteiger partial charge is 0.326 e. The summed E-state index contributed by atoms with van der Waals surface area (Å²) in [6, 6.07) is 13.2. The van der Waals surface area contributed by atoms with Gasteiger partial charge in [0.25, 0.3) is 11.1 Å². The highest BCUT2D eigenvalue weighted by Gasteiger charge is 2.36. The largest absolute Gasteiger partial charge is 0.489 e. The molecule has 2 aromatic carbocycles. The van der Waals surface area contributed by atoms with Gasteiger partial charge in [-0.15, -0.1) is 0 Å². The molecule has 1 heterocycles. The molecule has 1 saturated heterocycles. The van der Waals surface area contributed by atoms with E-state index < -0.39 is 23.7 Å². The van der Waals surface area contributed by atoms with E-state index in [1.807, 2.05) is 0 Å². The highest BCUT2D eigenvalue weighted by atomic mass is 32.2. The third-order valence-corrected chi connectivity index (χ3v) is 4.90. The molecule has 2 amide bonds. The fraction of sp³-hybridized carbons (Fsp3) is 0.190. The number of carbonyl (C=O) groups is 3. The zero-order valence-electron chi connectivity index (χ0n) is 15.6. The van der Waals surface area contributed by atoms with Crippen molar-refractivity contribution < 1.29 is 28.2 Å². The van der Waals surface area contributed by atoms with Gasteiger partial charge in [-0.1, -0.05) is 30.3 Å². The maximum Gasteiger partial charge on any atom is 0.326 e. The summed E-state index contributed by atoms with van der Waals surface area (Å²) >= 11 is 0.768. The number of rotatable bonds is 7. The predicted octanol–water partition coefficient (Wildman–Crippen LogP) is 4.00. The highest BCUT2D eigenvalue weighted by Crippen LogP contribution is 2.32. The quantitative estimate of drug-likeness (QED) is 0.503. The Hall–Kier alpha value is -3.13. The Morgan fingerprint density at radius 1 is 1.14 bits per heavy atom. The zero-order valence-corrected chi connectivity index (χ0v) is 16.4. The number of thioether (sulfide) groups is 1. The molecule has 150 valence electrons. The monoisotopic (exact) mass is 415 g/mol. The van der Waals surface area contributed by atoms with Crippen molar-refractivity contribution in [3.8, 4) is 5.75 Å². The second-order valence-corrected chi connectivity index (χ2v) is 7.02. The van der Waals surface area contributed by atoms with E-state index in [-0.39, 0.29) is 23.9 Å². The van der Waals surface area contributed by atoms with Crippen LogP contribution in [0.2, 0.25) is 0 Å². The van der Waals surface area contributed by atoms with E-state index >= 15 is 0 Å². The Balaban J connectivity index is 1.63. The van der Waals surface area contributed by atoms with Crippen LogP contribution in [0.15, 0.2) is 53.4 Å². The molecule has 0 atom stereocenters. The number of imide groups is 1. The van der Waals surface area contributed by atoms with Crippen molar-refractivity contribution in [2.45, 2.75) is 13.5 Å². The highest BCUT2D eigenvalue weighted by molar-refractivity contribution is 8.18. The van der Waals surface area contributed by atoms with Crippen molar-refractivity contribution in [2.24, 2.45) is 0 Å². The third kappa shape index (κ3) is 5.23. The summed E-state index contributed by atoms with van der Waals surface area (Å²) in [6.07, 6.45) is 1.57. The Morgan fingerprint density at radius 3 is 2.55 bits per heavy atom. The standard InChI is InChI=1S/C21H18FNO5S/c1-2-27-19(24)12-23-20(25)18(29-21(23)26)11-14-7-9-16(10-8-14)28-13-15-5-3-4-6-17(15)22/h3-11H,2,12-13H2,1H3/b18-11+. The number of esters is 1. The molecule has 1 fully saturated rings. The Bertz CT molecular complexity index is 958. The van der Waals surface area contributed by atoms with Gasteiger partial charge in [-0.05, 0) is 48.5 Å². The number of amides is 2. The molecule has 0 bridgehead atoms. The minimum absolute atomic E-state index is 0.0960. The second kappa shape index (κ2) is 9.38. The summed E-state index contributed by atoms with van der Waals surface area (Å²) in [7, 11) is 0. The van der Waals surface area contributed by atoms with E-state index in [2.05, 4.69) is 0 Å². The van der Waals surface area contributed by atoms with Crippen LogP contribution in [0, 0.1) is 5.82 Å². The molecule has 3 rings (SSSR count). The summed E-state index contributed by atoms with van der Waals surface area (Å²) < 4.78 is 24.0. The first-order valence-electron chi connectivity index (χ1n) is 8.85. The van der Waals surface area contributed by atoms with Crippen LogP contribution in [0.4, 0.5) is 9.18 Å². The van der Waals surface area contributed by atoms with Gasteiger partial charge < -0.3 is 9.47 Å². The van der Waals surface area contributed by atoms with Crippen LogP contribution < -0.4 is 4.74 Å². The van der Waals surface area contributed by atoms with Crippen LogP contribution in [-0.2, 0) is 20.9 Å². The van der Waals surface area contributed by atoms with E-state index in [1.54, 1.807) is 55.5 Å². The van der Waals surface area contributed by atoms with E-state index in [4.69, 9.17) is 9.47 Å². The number of carbonyl (C=O) groups excluding carboxylic acids is 3. The summed E-state index contributed by atoms with van der Waals surface area (Å²) in [5.74, 6) is -0.955.